The van der Waals surface area contributed by atoms with Crippen molar-refractivity contribution in [2.75, 3.05) is 13.1 Å². The first-order valence-corrected chi connectivity index (χ1v) is 10.3. The molecule has 0 fully saturated rings. The van der Waals surface area contributed by atoms with E-state index in [1.807, 2.05) is 13.8 Å². The van der Waals surface area contributed by atoms with Gasteiger partial charge >= 0.3 is 5.97 Å². The first-order valence-electron chi connectivity index (χ1n) is 10.3. The summed E-state index contributed by atoms with van der Waals surface area (Å²) >= 11 is 0. The molecule has 31 heavy (non-hydrogen) atoms. The van der Waals surface area contributed by atoms with E-state index in [1.54, 1.807) is 13.8 Å². The van der Waals surface area contributed by atoms with Gasteiger partial charge in [0.05, 0.1) is 6.54 Å². The Balaban J connectivity index is 5.26. The van der Waals surface area contributed by atoms with Crippen molar-refractivity contribution in [2.24, 2.45) is 34.0 Å². The van der Waals surface area contributed by atoms with Crippen LogP contribution in [0.3, 0.4) is 0 Å². The van der Waals surface area contributed by atoms with Crippen LogP contribution in [0.1, 0.15) is 47.0 Å². The standard InChI is InChI=1S/C19H37N7O5/c1-10(2)8-13(25-17(29)15(11(3)4)26-14(27)9-20)16(28)24-12(18(30)31)6-5-7-23-19(21)22/h10-13,15H,5-9,20H2,1-4H3,(H,24,28)(H,25,29)(H,26,27)(H,30,31)(H4,21,22,23). The predicted octanol–water partition coefficient (Wildman–Crippen LogP) is -1.76. The Morgan fingerprint density at radius 2 is 1.52 bits per heavy atom. The molecule has 10 N–H and O–H groups in total. The van der Waals surface area contributed by atoms with Gasteiger partial charge in [0, 0.05) is 6.54 Å². The summed E-state index contributed by atoms with van der Waals surface area (Å²) < 4.78 is 0. The molecule has 3 amide bonds. The number of nitrogens with zero attached hydrogens (tertiary/aromatic N) is 1. The van der Waals surface area contributed by atoms with Crippen LogP contribution in [-0.2, 0) is 19.2 Å². The summed E-state index contributed by atoms with van der Waals surface area (Å²) in [6, 6.07) is -3.01. The maximum atomic E-state index is 12.8. The Hall–Kier alpha value is -2.89. The van der Waals surface area contributed by atoms with Crippen LogP contribution in [0.25, 0.3) is 0 Å². The molecule has 12 nitrogen and oxygen atoms in total. The Bertz CT molecular complexity index is 648. The average molecular weight is 444 g/mol. The van der Waals surface area contributed by atoms with Gasteiger partial charge in [0.15, 0.2) is 5.96 Å². The van der Waals surface area contributed by atoms with Gasteiger partial charge in [-0.1, -0.05) is 27.7 Å². The predicted molar refractivity (Wildman–Crippen MR) is 117 cm³/mol. The molecule has 0 aliphatic carbocycles. The number of amides is 3. The van der Waals surface area contributed by atoms with Crippen LogP contribution in [0, 0.1) is 11.8 Å². The summed E-state index contributed by atoms with van der Waals surface area (Å²) in [4.78, 5) is 52.4. The van der Waals surface area contributed by atoms with Gasteiger partial charge < -0.3 is 38.3 Å². The molecule has 0 radical (unpaired) electrons. The molecule has 12 heteroatoms. The highest BCUT2D eigenvalue weighted by atomic mass is 16.4. The van der Waals surface area contributed by atoms with Crippen LogP contribution in [0.4, 0.5) is 0 Å². The molecule has 0 bridgehead atoms. The third kappa shape index (κ3) is 11.8. The molecule has 0 aromatic heterocycles. The molecule has 0 aliphatic heterocycles. The Morgan fingerprint density at radius 1 is 0.935 bits per heavy atom. The van der Waals surface area contributed by atoms with Crippen LogP contribution in [0.5, 0.6) is 0 Å². The summed E-state index contributed by atoms with van der Waals surface area (Å²) in [6.45, 7) is 7.18. The van der Waals surface area contributed by atoms with Crippen LogP contribution in [-0.4, -0.2) is 66.0 Å². The summed E-state index contributed by atoms with van der Waals surface area (Å²) in [5.41, 5.74) is 15.8. The Labute approximate surface area is 182 Å². The van der Waals surface area contributed by atoms with Gasteiger partial charge in [0.1, 0.15) is 18.1 Å². The number of nitrogens with one attached hydrogen (secondary N) is 3. The van der Waals surface area contributed by atoms with E-state index in [4.69, 9.17) is 17.2 Å². The second-order valence-corrected chi connectivity index (χ2v) is 8.03. The molecular formula is C19H37N7O5. The lowest BCUT2D eigenvalue weighted by molar-refractivity contribution is -0.142. The highest BCUT2D eigenvalue weighted by Crippen LogP contribution is 2.09. The first-order chi connectivity index (χ1) is 14.4. The molecule has 3 atom stereocenters. The SMILES string of the molecule is CC(C)CC(NC(=O)C(NC(=O)CN)C(C)C)C(=O)NC(CCCN=C(N)N)C(=O)O. The molecule has 3 unspecified atom stereocenters. The number of aliphatic carboxylic acids is 1. The normalized spacial score (nSPS) is 13.8. The zero-order valence-electron chi connectivity index (χ0n) is 18.7. The van der Waals surface area contributed by atoms with Gasteiger partial charge in [-0.05, 0) is 31.1 Å². The Kier molecular flexibility index (Phi) is 12.9. The van der Waals surface area contributed by atoms with Crippen molar-refractivity contribution in [2.45, 2.75) is 65.1 Å². The number of guanidine groups is 1. The second-order valence-electron chi connectivity index (χ2n) is 8.03. The molecule has 0 spiro atoms. The van der Waals surface area contributed by atoms with E-state index in [9.17, 15) is 24.3 Å². The molecule has 0 aliphatic rings. The number of rotatable bonds is 14. The van der Waals surface area contributed by atoms with Gasteiger partial charge in [-0.25, -0.2) is 4.79 Å². The lowest BCUT2D eigenvalue weighted by Gasteiger charge is -2.27. The molecule has 0 saturated carbocycles. The van der Waals surface area contributed by atoms with E-state index in [-0.39, 0.29) is 43.7 Å². The highest BCUT2D eigenvalue weighted by molar-refractivity contribution is 5.93. The number of carbonyl (C=O) groups excluding carboxylic acids is 3. The zero-order valence-corrected chi connectivity index (χ0v) is 18.7. The van der Waals surface area contributed by atoms with Crippen LogP contribution >= 0.6 is 0 Å². The van der Waals surface area contributed by atoms with Crippen LogP contribution in [0.2, 0.25) is 0 Å². The lowest BCUT2D eigenvalue weighted by atomic mass is 9.99. The van der Waals surface area contributed by atoms with Gasteiger partial charge in [-0.3, -0.25) is 19.4 Å². The fourth-order valence-corrected chi connectivity index (χ4v) is 2.77. The number of aliphatic imine (C=N–C) groups is 1. The third-order valence-corrected chi connectivity index (χ3v) is 4.35. The van der Waals surface area contributed by atoms with Gasteiger partial charge in [-0.2, -0.15) is 0 Å². The minimum Gasteiger partial charge on any atom is -0.480 e. The smallest absolute Gasteiger partial charge is 0.326 e. The molecule has 0 heterocycles. The number of carboxylic acids is 1. The minimum atomic E-state index is -1.21. The highest BCUT2D eigenvalue weighted by Gasteiger charge is 2.30. The van der Waals surface area contributed by atoms with E-state index in [2.05, 4.69) is 20.9 Å². The number of carboxylic acid groups (broad SMARTS) is 1. The van der Waals surface area contributed by atoms with Crippen molar-refractivity contribution in [1.82, 2.24) is 16.0 Å². The summed E-state index contributed by atoms with van der Waals surface area (Å²) in [6.07, 6.45) is 0.742. The van der Waals surface area contributed by atoms with Crippen molar-refractivity contribution in [3.8, 4) is 0 Å². The number of nitrogens with two attached hydrogens (primary N) is 3. The van der Waals surface area contributed by atoms with Crippen molar-refractivity contribution in [1.29, 1.82) is 0 Å². The first kappa shape index (κ1) is 28.1. The maximum Gasteiger partial charge on any atom is 0.326 e. The molecule has 0 aromatic carbocycles. The van der Waals surface area contributed by atoms with E-state index in [0.29, 0.717) is 6.42 Å². The topological polar surface area (TPSA) is 215 Å². The second kappa shape index (κ2) is 14.2. The molecule has 0 rings (SSSR count). The van der Waals surface area contributed by atoms with E-state index < -0.39 is 41.8 Å². The van der Waals surface area contributed by atoms with Crippen molar-refractivity contribution in [3.63, 3.8) is 0 Å². The van der Waals surface area contributed by atoms with E-state index >= 15 is 0 Å². The van der Waals surface area contributed by atoms with Gasteiger partial charge in [0.25, 0.3) is 0 Å². The number of hydrogen-bond acceptors (Lipinski definition) is 6. The molecule has 0 aromatic rings. The fourth-order valence-electron chi connectivity index (χ4n) is 2.77. The quantitative estimate of drug-likeness (QED) is 0.0924. The number of hydrogen-bond donors (Lipinski definition) is 7. The van der Waals surface area contributed by atoms with Crippen LogP contribution < -0.4 is 33.2 Å². The van der Waals surface area contributed by atoms with Crippen LogP contribution in [0.15, 0.2) is 4.99 Å². The monoisotopic (exact) mass is 443 g/mol. The lowest BCUT2D eigenvalue weighted by Crippen LogP contribution is -2.57. The van der Waals surface area contributed by atoms with Gasteiger partial charge in [0.2, 0.25) is 17.7 Å². The summed E-state index contributed by atoms with van der Waals surface area (Å²) in [5, 5.41) is 17.0. The van der Waals surface area contributed by atoms with E-state index in [0.717, 1.165) is 0 Å². The average Bonchev–Trinajstić information content (AvgIpc) is 2.66. The minimum absolute atomic E-state index is 0.0392. The zero-order chi connectivity index (χ0) is 24.1. The van der Waals surface area contributed by atoms with E-state index in [1.165, 1.54) is 0 Å². The molecule has 178 valence electrons. The molecular weight excluding hydrogens is 406 g/mol. The molecule has 0 saturated heterocycles. The summed E-state index contributed by atoms with van der Waals surface area (Å²) in [5.74, 6) is -3.18. The maximum absolute atomic E-state index is 12.8. The van der Waals surface area contributed by atoms with Gasteiger partial charge in [-0.15, -0.1) is 0 Å². The Morgan fingerprint density at radius 3 is 1.97 bits per heavy atom. The fraction of sp³-hybridized carbons (Fsp3) is 0.737. The number of carbonyl (C=O) groups is 4. The van der Waals surface area contributed by atoms with Crippen molar-refractivity contribution in [3.05, 3.63) is 0 Å². The van der Waals surface area contributed by atoms with Crippen molar-refractivity contribution < 1.29 is 24.3 Å². The summed E-state index contributed by atoms with van der Waals surface area (Å²) in [7, 11) is 0. The largest absolute Gasteiger partial charge is 0.480 e. The van der Waals surface area contributed by atoms with Crippen molar-refractivity contribution >= 4 is 29.7 Å². The third-order valence-electron chi connectivity index (χ3n) is 4.35.